The molecule has 0 aromatic rings. The number of hydrogen-bond acceptors (Lipinski definition) is 5. The van der Waals surface area contributed by atoms with Crippen LogP contribution in [0.4, 0.5) is 0 Å². The fourth-order valence-electron chi connectivity index (χ4n) is 3.51. The molecular formula is C20H26O5. The first-order valence-corrected chi connectivity index (χ1v) is 8.60. The highest BCUT2D eigenvalue weighted by Gasteiger charge is 2.56. The Labute approximate surface area is 148 Å². The molecule has 0 spiro atoms. The van der Waals surface area contributed by atoms with Gasteiger partial charge in [0.05, 0.1) is 11.8 Å². The molecule has 0 bridgehead atoms. The van der Waals surface area contributed by atoms with E-state index in [-0.39, 0.29) is 24.3 Å². The Hall–Kier alpha value is -2.17. The Morgan fingerprint density at radius 1 is 1.20 bits per heavy atom. The quantitative estimate of drug-likeness (QED) is 0.430. The number of carbonyl (C=O) groups is 3. The number of esters is 2. The number of allylic oxidation sites excluding steroid dienone is 5. The summed E-state index contributed by atoms with van der Waals surface area (Å²) in [6, 6.07) is 0. The second-order valence-corrected chi connectivity index (χ2v) is 7.32. The molecule has 0 amide bonds. The van der Waals surface area contributed by atoms with Crippen LogP contribution in [0.25, 0.3) is 0 Å². The monoisotopic (exact) mass is 346 g/mol. The lowest BCUT2D eigenvalue weighted by molar-refractivity contribution is -0.142. The molecule has 1 aliphatic heterocycles. The van der Waals surface area contributed by atoms with Crippen LogP contribution < -0.4 is 0 Å². The van der Waals surface area contributed by atoms with Crippen LogP contribution in [-0.2, 0) is 23.9 Å². The summed E-state index contributed by atoms with van der Waals surface area (Å²) in [6.45, 7) is 8.94. The van der Waals surface area contributed by atoms with Crippen molar-refractivity contribution >= 4 is 17.7 Å². The molecule has 0 aromatic carbocycles. The van der Waals surface area contributed by atoms with Crippen molar-refractivity contribution in [2.45, 2.75) is 66.4 Å². The molecule has 0 radical (unpaired) electrons. The lowest BCUT2D eigenvalue weighted by atomic mass is 9.68. The average molecular weight is 346 g/mol. The average Bonchev–Trinajstić information content (AvgIpc) is 2.81. The maximum absolute atomic E-state index is 12.7. The number of ether oxygens (including phenoxy) is 2. The molecule has 5 heteroatoms. The maximum Gasteiger partial charge on any atom is 0.307 e. The van der Waals surface area contributed by atoms with Gasteiger partial charge in [0.1, 0.15) is 11.9 Å². The summed E-state index contributed by atoms with van der Waals surface area (Å²) in [5.41, 5.74) is 1.67. The zero-order valence-electron chi connectivity index (χ0n) is 15.6. The molecule has 0 aromatic heterocycles. The summed E-state index contributed by atoms with van der Waals surface area (Å²) >= 11 is 0. The van der Waals surface area contributed by atoms with Gasteiger partial charge in [0.2, 0.25) is 0 Å². The Morgan fingerprint density at radius 3 is 2.44 bits per heavy atom. The van der Waals surface area contributed by atoms with Gasteiger partial charge in [0.15, 0.2) is 5.78 Å². The molecule has 2 atom stereocenters. The molecule has 1 saturated heterocycles. The fraction of sp³-hybridized carbons (Fsp3) is 0.550. The van der Waals surface area contributed by atoms with Crippen LogP contribution in [0.15, 0.2) is 34.6 Å². The predicted octanol–water partition coefficient (Wildman–Crippen LogP) is 3.79. The van der Waals surface area contributed by atoms with Gasteiger partial charge < -0.3 is 9.47 Å². The van der Waals surface area contributed by atoms with E-state index in [1.807, 2.05) is 33.8 Å². The minimum absolute atomic E-state index is 0.121. The Balaban J connectivity index is 2.61. The first-order chi connectivity index (χ1) is 11.7. The summed E-state index contributed by atoms with van der Waals surface area (Å²) in [6.07, 6.45) is 4.80. The van der Waals surface area contributed by atoms with Gasteiger partial charge in [-0.15, -0.1) is 0 Å². The molecule has 1 heterocycles. The fourth-order valence-corrected chi connectivity index (χ4v) is 3.51. The second kappa shape index (κ2) is 7.38. The van der Waals surface area contributed by atoms with Gasteiger partial charge in [0.25, 0.3) is 0 Å². The van der Waals surface area contributed by atoms with Gasteiger partial charge in [-0.2, -0.15) is 0 Å². The van der Waals surface area contributed by atoms with Crippen LogP contribution >= 0.6 is 0 Å². The Bertz CT molecular complexity index is 687. The summed E-state index contributed by atoms with van der Waals surface area (Å²) in [4.78, 5) is 36.5. The van der Waals surface area contributed by atoms with Gasteiger partial charge in [-0.25, -0.2) is 0 Å². The number of rotatable bonds is 5. The van der Waals surface area contributed by atoms with Crippen molar-refractivity contribution in [1.29, 1.82) is 0 Å². The van der Waals surface area contributed by atoms with Crippen LogP contribution in [0, 0.1) is 5.41 Å². The molecule has 5 nitrogen and oxygen atoms in total. The van der Waals surface area contributed by atoms with Gasteiger partial charge in [-0.3, -0.25) is 14.4 Å². The number of fused-ring (bicyclic) bond motifs is 1. The largest absolute Gasteiger partial charge is 0.461 e. The number of carbonyl (C=O) groups excluding carboxylic acids is 3. The number of hydrogen-bond donors (Lipinski definition) is 0. The highest BCUT2D eigenvalue weighted by Crippen LogP contribution is 2.52. The summed E-state index contributed by atoms with van der Waals surface area (Å²) in [5.74, 6) is -0.644. The van der Waals surface area contributed by atoms with E-state index in [9.17, 15) is 14.4 Å². The first kappa shape index (κ1) is 19.2. The third-order valence-corrected chi connectivity index (χ3v) is 4.57. The lowest BCUT2D eigenvalue weighted by Crippen LogP contribution is -2.39. The second-order valence-electron chi connectivity index (χ2n) is 7.32. The molecule has 2 aliphatic rings. The van der Waals surface area contributed by atoms with E-state index < -0.39 is 11.4 Å². The SMILES string of the molecule is CC(=O)OC1=C(C(=O)C=C(C)C)CC[C@@H]2OC(=O)C[C@@]12CC=C(C)C. The van der Waals surface area contributed by atoms with E-state index >= 15 is 0 Å². The van der Waals surface area contributed by atoms with Crippen LogP contribution in [0.1, 0.15) is 60.3 Å². The molecule has 1 fully saturated rings. The zero-order chi connectivity index (χ0) is 18.8. The van der Waals surface area contributed by atoms with Crippen molar-refractivity contribution in [3.8, 4) is 0 Å². The highest BCUT2D eigenvalue weighted by atomic mass is 16.6. The molecule has 136 valence electrons. The zero-order valence-corrected chi connectivity index (χ0v) is 15.6. The Morgan fingerprint density at radius 2 is 1.88 bits per heavy atom. The molecule has 0 unspecified atom stereocenters. The van der Waals surface area contributed by atoms with Crippen LogP contribution in [0.3, 0.4) is 0 Å². The van der Waals surface area contributed by atoms with E-state index in [2.05, 4.69) is 0 Å². The minimum atomic E-state index is -0.779. The third kappa shape index (κ3) is 4.09. The first-order valence-electron chi connectivity index (χ1n) is 8.60. The van der Waals surface area contributed by atoms with E-state index in [1.54, 1.807) is 6.08 Å². The maximum atomic E-state index is 12.7. The summed E-state index contributed by atoms with van der Waals surface area (Å²) in [7, 11) is 0. The van der Waals surface area contributed by atoms with Crippen LogP contribution in [-0.4, -0.2) is 23.8 Å². The molecule has 2 rings (SSSR count). The van der Waals surface area contributed by atoms with Gasteiger partial charge in [0, 0.05) is 12.5 Å². The van der Waals surface area contributed by atoms with E-state index in [4.69, 9.17) is 9.47 Å². The van der Waals surface area contributed by atoms with Crippen LogP contribution in [0.5, 0.6) is 0 Å². The summed E-state index contributed by atoms with van der Waals surface area (Å²) < 4.78 is 11.0. The topological polar surface area (TPSA) is 69.7 Å². The van der Waals surface area contributed by atoms with Crippen molar-refractivity contribution in [1.82, 2.24) is 0 Å². The molecule has 0 N–H and O–H groups in total. The van der Waals surface area contributed by atoms with E-state index in [0.29, 0.717) is 30.6 Å². The van der Waals surface area contributed by atoms with Crippen LogP contribution in [0.2, 0.25) is 0 Å². The standard InChI is InChI=1S/C20H26O5/c1-12(2)8-9-20-11-18(23)25-17(20)7-6-15(16(22)10-13(3)4)19(20)24-14(5)21/h8,10,17H,6-7,9,11H2,1-5H3/t17-,20+/m0/s1. The summed E-state index contributed by atoms with van der Waals surface area (Å²) in [5, 5.41) is 0. The Kier molecular flexibility index (Phi) is 5.65. The minimum Gasteiger partial charge on any atom is -0.461 e. The van der Waals surface area contributed by atoms with Crippen molar-refractivity contribution in [2.24, 2.45) is 5.41 Å². The van der Waals surface area contributed by atoms with Crippen molar-refractivity contribution < 1.29 is 23.9 Å². The third-order valence-electron chi connectivity index (χ3n) is 4.57. The lowest BCUT2D eigenvalue weighted by Gasteiger charge is -2.38. The van der Waals surface area contributed by atoms with Crippen molar-refractivity contribution in [2.75, 3.05) is 0 Å². The van der Waals surface area contributed by atoms with Gasteiger partial charge in [-0.05, 0) is 53.0 Å². The van der Waals surface area contributed by atoms with Crippen molar-refractivity contribution in [3.05, 3.63) is 34.6 Å². The smallest absolute Gasteiger partial charge is 0.307 e. The van der Waals surface area contributed by atoms with Crippen molar-refractivity contribution in [3.63, 3.8) is 0 Å². The normalized spacial score (nSPS) is 25.0. The van der Waals surface area contributed by atoms with E-state index in [0.717, 1.165) is 11.1 Å². The molecule has 1 aliphatic carbocycles. The number of ketones is 1. The molecule has 0 saturated carbocycles. The predicted molar refractivity (Wildman–Crippen MR) is 93.4 cm³/mol. The van der Waals surface area contributed by atoms with Gasteiger partial charge >= 0.3 is 11.9 Å². The molecule has 25 heavy (non-hydrogen) atoms. The van der Waals surface area contributed by atoms with E-state index in [1.165, 1.54) is 6.92 Å². The highest BCUT2D eigenvalue weighted by molar-refractivity contribution is 6.05. The molecular weight excluding hydrogens is 320 g/mol. The van der Waals surface area contributed by atoms with Gasteiger partial charge in [-0.1, -0.05) is 17.2 Å².